The maximum atomic E-state index is 6.30. The molecule has 2 aromatic rings. The fraction of sp³-hybridized carbons (Fsp3) is 0.652. The van der Waals surface area contributed by atoms with Gasteiger partial charge < -0.3 is 14.1 Å². The number of fused-ring (bicyclic) bond motifs is 1. The van der Waals surface area contributed by atoms with Crippen LogP contribution in [0.1, 0.15) is 57.3 Å². The summed E-state index contributed by atoms with van der Waals surface area (Å²) in [4.78, 5) is 5.11. The second-order valence-electron chi connectivity index (χ2n) is 8.05. The minimum atomic E-state index is 0.578. The summed E-state index contributed by atoms with van der Waals surface area (Å²) < 4.78 is 11.9. The average molecular weight is 371 g/mol. The quantitative estimate of drug-likeness (QED) is 0.716. The van der Waals surface area contributed by atoms with Crippen LogP contribution in [0, 0.1) is 0 Å². The zero-order chi connectivity index (χ0) is 18.6. The van der Waals surface area contributed by atoms with Crippen LogP contribution in [0.25, 0.3) is 11.0 Å². The number of aryl methyl sites for hydroxylation is 1. The largest absolute Gasteiger partial charge is 0.460 e. The molecule has 0 spiro atoms. The molecule has 0 N–H and O–H groups in total. The lowest BCUT2D eigenvalue weighted by atomic mass is 10.0. The van der Waals surface area contributed by atoms with Gasteiger partial charge in [-0.05, 0) is 69.8 Å². The molecule has 0 aliphatic carbocycles. The summed E-state index contributed by atoms with van der Waals surface area (Å²) in [6, 6.07) is 7.50. The number of piperidine rings is 1. The molecule has 0 radical (unpaired) electrons. The van der Waals surface area contributed by atoms with Gasteiger partial charge in [0, 0.05) is 42.9 Å². The predicted octanol–water partition coefficient (Wildman–Crippen LogP) is 4.99. The fourth-order valence-electron chi connectivity index (χ4n) is 4.77. The molecule has 0 amide bonds. The standard InChI is InChI=1S/C23H34N2O2/c1-3-18-14-19-15-21(17-24-10-6-5-7-11-24)27-23(19)16-22(18)25(4-2)20-8-12-26-13-9-20/h14-16,20H,3-13,17H2,1-2H3. The van der Waals surface area contributed by atoms with Crippen LogP contribution in [0.3, 0.4) is 0 Å². The van der Waals surface area contributed by atoms with Crippen LogP contribution >= 0.6 is 0 Å². The molecular formula is C23H34N2O2. The van der Waals surface area contributed by atoms with E-state index in [4.69, 9.17) is 9.15 Å². The van der Waals surface area contributed by atoms with Gasteiger partial charge in [0.2, 0.25) is 0 Å². The van der Waals surface area contributed by atoms with Crippen molar-refractivity contribution in [2.24, 2.45) is 0 Å². The molecule has 0 unspecified atom stereocenters. The van der Waals surface area contributed by atoms with E-state index >= 15 is 0 Å². The van der Waals surface area contributed by atoms with Crippen molar-refractivity contribution in [1.29, 1.82) is 0 Å². The molecule has 2 aliphatic heterocycles. The molecule has 148 valence electrons. The first-order valence-electron chi connectivity index (χ1n) is 10.9. The highest BCUT2D eigenvalue weighted by molar-refractivity contribution is 5.84. The molecule has 0 atom stereocenters. The minimum Gasteiger partial charge on any atom is -0.460 e. The Balaban J connectivity index is 1.61. The van der Waals surface area contributed by atoms with Crippen molar-refractivity contribution >= 4 is 16.7 Å². The van der Waals surface area contributed by atoms with Gasteiger partial charge in [-0.25, -0.2) is 0 Å². The summed E-state index contributed by atoms with van der Waals surface area (Å²) in [5.41, 5.74) is 3.83. The monoisotopic (exact) mass is 370 g/mol. The van der Waals surface area contributed by atoms with Crippen molar-refractivity contribution < 1.29 is 9.15 Å². The van der Waals surface area contributed by atoms with Crippen molar-refractivity contribution in [2.45, 2.75) is 65.0 Å². The van der Waals surface area contributed by atoms with Crippen molar-refractivity contribution in [2.75, 3.05) is 37.7 Å². The summed E-state index contributed by atoms with van der Waals surface area (Å²) in [6.45, 7) is 10.7. The summed E-state index contributed by atoms with van der Waals surface area (Å²) in [5, 5.41) is 1.26. The van der Waals surface area contributed by atoms with Gasteiger partial charge in [0.1, 0.15) is 11.3 Å². The van der Waals surface area contributed by atoms with E-state index in [9.17, 15) is 0 Å². The molecule has 4 nitrogen and oxygen atoms in total. The molecular weight excluding hydrogens is 336 g/mol. The lowest BCUT2D eigenvalue weighted by Crippen LogP contribution is -2.39. The number of rotatable bonds is 6. The number of hydrogen-bond donors (Lipinski definition) is 0. The van der Waals surface area contributed by atoms with Gasteiger partial charge in [0.25, 0.3) is 0 Å². The third-order valence-corrected chi connectivity index (χ3v) is 6.26. The Morgan fingerprint density at radius 3 is 2.52 bits per heavy atom. The number of hydrogen-bond acceptors (Lipinski definition) is 4. The first-order chi connectivity index (χ1) is 13.3. The number of anilines is 1. The lowest BCUT2D eigenvalue weighted by molar-refractivity contribution is 0.0846. The van der Waals surface area contributed by atoms with Crippen LogP contribution in [-0.2, 0) is 17.7 Å². The average Bonchev–Trinajstić information content (AvgIpc) is 3.10. The third kappa shape index (κ3) is 4.17. The Hall–Kier alpha value is -1.52. The van der Waals surface area contributed by atoms with Crippen LogP contribution in [-0.4, -0.2) is 43.8 Å². The van der Waals surface area contributed by atoms with Gasteiger partial charge in [-0.2, -0.15) is 0 Å². The lowest BCUT2D eigenvalue weighted by Gasteiger charge is -2.36. The number of likely N-dealkylation sites (tertiary alicyclic amines) is 1. The van der Waals surface area contributed by atoms with E-state index in [1.54, 1.807) is 0 Å². The smallest absolute Gasteiger partial charge is 0.136 e. The zero-order valence-electron chi connectivity index (χ0n) is 17.0. The van der Waals surface area contributed by atoms with Gasteiger partial charge in [-0.15, -0.1) is 0 Å². The number of furan rings is 1. The van der Waals surface area contributed by atoms with Gasteiger partial charge >= 0.3 is 0 Å². The predicted molar refractivity (Wildman–Crippen MR) is 112 cm³/mol. The van der Waals surface area contributed by atoms with E-state index in [1.807, 2.05) is 0 Å². The number of benzene rings is 1. The van der Waals surface area contributed by atoms with Crippen LogP contribution in [0.2, 0.25) is 0 Å². The topological polar surface area (TPSA) is 28.9 Å². The zero-order valence-corrected chi connectivity index (χ0v) is 17.0. The summed E-state index contributed by atoms with van der Waals surface area (Å²) in [5.74, 6) is 1.11. The Labute approximate surface area is 163 Å². The highest BCUT2D eigenvalue weighted by Crippen LogP contribution is 2.33. The second-order valence-corrected chi connectivity index (χ2v) is 8.05. The molecule has 0 saturated carbocycles. The molecule has 2 fully saturated rings. The van der Waals surface area contributed by atoms with E-state index in [0.717, 1.165) is 56.9 Å². The Bertz CT molecular complexity index is 742. The first-order valence-corrected chi connectivity index (χ1v) is 10.9. The van der Waals surface area contributed by atoms with Crippen molar-refractivity contribution in [3.63, 3.8) is 0 Å². The third-order valence-electron chi connectivity index (χ3n) is 6.26. The van der Waals surface area contributed by atoms with Gasteiger partial charge in [0.15, 0.2) is 0 Å². The first kappa shape index (κ1) is 18.8. The Morgan fingerprint density at radius 2 is 1.81 bits per heavy atom. The van der Waals surface area contributed by atoms with Crippen LogP contribution in [0.4, 0.5) is 5.69 Å². The molecule has 27 heavy (non-hydrogen) atoms. The maximum Gasteiger partial charge on any atom is 0.136 e. The molecule has 1 aromatic carbocycles. The van der Waals surface area contributed by atoms with Gasteiger partial charge in [-0.1, -0.05) is 13.3 Å². The molecule has 4 rings (SSSR count). The molecule has 2 aliphatic rings. The van der Waals surface area contributed by atoms with E-state index in [2.05, 4.69) is 41.8 Å². The van der Waals surface area contributed by atoms with Crippen molar-refractivity contribution in [1.82, 2.24) is 4.90 Å². The molecule has 0 bridgehead atoms. The van der Waals surface area contributed by atoms with Crippen molar-refractivity contribution in [3.05, 3.63) is 29.5 Å². The normalized spacial score (nSPS) is 19.6. The highest BCUT2D eigenvalue weighted by atomic mass is 16.5. The Morgan fingerprint density at radius 1 is 1.04 bits per heavy atom. The number of nitrogens with zero attached hydrogens (tertiary/aromatic N) is 2. The van der Waals surface area contributed by atoms with E-state index in [0.29, 0.717) is 6.04 Å². The fourth-order valence-corrected chi connectivity index (χ4v) is 4.77. The maximum absolute atomic E-state index is 6.30. The molecule has 1 aromatic heterocycles. The van der Waals surface area contributed by atoms with E-state index in [-0.39, 0.29) is 0 Å². The van der Waals surface area contributed by atoms with Crippen LogP contribution in [0.5, 0.6) is 0 Å². The van der Waals surface area contributed by atoms with Gasteiger partial charge in [0.05, 0.1) is 6.54 Å². The minimum absolute atomic E-state index is 0.578. The van der Waals surface area contributed by atoms with Crippen LogP contribution in [0.15, 0.2) is 22.6 Å². The second kappa shape index (κ2) is 8.66. The van der Waals surface area contributed by atoms with E-state index in [1.165, 1.54) is 49.0 Å². The highest BCUT2D eigenvalue weighted by Gasteiger charge is 2.23. The number of ether oxygens (including phenoxy) is 1. The molecule has 2 saturated heterocycles. The molecule has 3 heterocycles. The Kier molecular flexibility index (Phi) is 6.04. The summed E-state index contributed by atoms with van der Waals surface area (Å²) in [7, 11) is 0. The van der Waals surface area contributed by atoms with Crippen molar-refractivity contribution in [3.8, 4) is 0 Å². The van der Waals surface area contributed by atoms with Crippen LogP contribution < -0.4 is 4.90 Å². The van der Waals surface area contributed by atoms with E-state index < -0.39 is 0 Å². The molecule has 4 heteroatoms. The summed E-state index contributed by atoms with van der Waals surface area (Å²) in [6.07, 6.45) is 7.30. The van der Waals surface area contributed by atoms with Gasteiger partial charge in [-0.3, -0.25) is 4.90 Å². The SMILES string of the molecule is CCc1cc2cc(CN3CCCCC3)oc2cc1N(CC)C1CCOCC1. The summed E-state index contributed by atoms with van der Waals surface area (Å²) >= 11 is 0.